The van der Waals surface area contributed by atoms with E-state index in [0.717, 1.165) is 38.0 Å². The van der Waals surface area contributed by atoms with E-state index in [1.807, 2.05) is 44.2 Å². The van der Waals surface area contributed by atoms with Crippen LogP contribution in [0.4, 0.5) is 5.69 Å². The van der Waals surface area contributed by atoms with Crippen molar-refractivity contribution in [3.8, 4) is 12.1 Å². The van der Waals surface area contributed by atoms with Gasteiger partial charge in [-0.1, -0.05) is 112 Å². The molecule has 1 aromatic rings. The van der Waals surface area contributed by atoms with E-state index in [2.05, 4.69) is 51.2 Å². The Labute approximate surface area is 228 Å². The van der Waals surface area contributed by atoms with E-state index in [1.165, 1.54) is 39.2 Å². The zero-order valence-electron chi connectivity index (χ0n) is 25.2. The van der Waals surface area contributed by atoms with Crippen LogP contribution in [0.3, 0.4) is 0 Å². The summed E-state index contributed by atoms with van der Waals surface area (Å²) in [6, 6.07) is 11.4. The van der Waals surface area contributed by atoms with Gasteiger partial charge < -0.3 is 9.64 Å². The molecular formula is C32H53N3O2. The Morgan fingerprint density at radius 1 is 0.838 bits per heavy atom. The fourth-order valence-electron chi connectivity index (χ4n) is 3.78. The molecule has 0 aliphatic carbocycles. The van der Waals surface area contributed by atoms with Crippen molar-refractivity contribution in [3.05, 3.63) is 35.4 Å². The summed E-state index contributed by atoms with van der Waals surface area (Å²) in [7, 11) is 1.20. The highest BCUT2D eigenvalue weighted by Gasteiger charge is 2.19. The molecule has 0 amide bonds. The van der Waals surface area contributed by atoms with Crippen molar-refractivity contribution in [1.29, 1.82) is 10.5 Å². The average Bonchev–Trinajstić information content (AvgIpc) is 2.96. The second-order valence-electron chi connectivity index (χ2n) is 9.02. The summed E-state index contributed by atoms with van der Waals surface area (Å²) in [5, 5.41) is 18.9. The predicted octanol–water partition coefficient (Wildman–Crippen LogP) is 8.95. The first-order valence-corrected chi connectivity index (χ1v) is 14.4. The Kier molecular flexibility index (Phi) is 23.2. The van der Waals surface area contributed by atoms with Crippen LogP contribution in [0.5, 0.6) is 0 Å². The summed E-state index contributed by atoms with van der Waals surface area (Å²) in [6.45, 7) is 19.4. The third-order valence-corrected chi connectivity index (χ3v) is 6.54. The first-order valence-electron chi connectivity index (χ1n) is 14.4. The van der Waals surface area contributed by atoms with Gasteiger partial charge in [0.15, 0.2) is 5.57 Å². The molecule has 0 radical (unpaired) electrons. The molecule has 1 unspecified atom stereocenters. The third kappa shape index (κ3) is 13.9. The number of nitriles is 2. The van der Waals surface area contributed by atoms with Gasteiger partial charge in [-0.2, -0.15) is 10.5 Å². The molecule has 0 fully saturated rings. The number of carbonyl (C=O) groups is 1. The average molecular weight is 512 g/mol. The van der Waals surface area contributed by atoms with E-state index in [-0.39, 0.29) is 11.1 Å². The Hall–Kier alpha value is -2.79. The molecule has 0 heterocycles. The van der Waals surface area contributed by atoms with Crippen LogP contribution in [0, 0.1) is 34.5 Å². The second-order valence-corrected chi connectivity index (χ2v) is 9.02. The molecule has 0 spiro atoms. The number of carbonyl (C=O) groups excluding carboxylic acids is 1. The second kappa shape index (κ2) is 23.6. The van der Waals surface area contributed by atoms with Crippen molar-refractivity contribution in [1.82, 2.24) is 0 Å². The van der Waals surface area contributed by atoms with Gasteiger partial charge in [-0.3, -0.25) is 0 Å². The molecule has 1 aromatic carbocycles. The first-order chi connectivity index (χ1) is 17.9. The summed E-state index contributed by atoms with van der Waals surface area (Å²) in [4.78, 5) is 14.3. The SMILES string of the molecule is CC.CCCC.CCCCC(CC)CN(CC(CC)CC)c1ccc(/C(C#N)=C(/C#N)C(=O)OC)cc1. The zero-order valence-corrected chi connectivity index (χ0v) is 25.2. The molecule has 0 aliphatic rings. The maximum atomic E-state index is 11.9. The minimum absolute atomic E-state index is 0.0434. The van der Waals surface area contributed by atoms with Crippen LogP contribution < -0.4 is 4.90 Å². The van der Waals surface area contributed by atoms with Crippen LogP contribution in [-0.4, -0.2) is 26.2 Å². The lowest BCUT2D eigenvalue weighted by Crippen LogP contribution is -2.34. The van der Waals surface area contributed by atoms with Crippen molar-refractivity contribution < 1.29 is 9.53 Å². The summed E-state index contributed by atoms with van der Waals surface area (Å²) in [6.07, 6.45) is 9.77. The van der Waals surface area contributed by atoms with Crippen molar-refractivity contribution in [2.75, 3.05) is 25.1 Å². The Balaban J connectivity index is 0. The molecule has 0 saturated carbocycles. The van der Waals surface area contributed by atoms with E-state index in [1.54, 1.807) is 6.07 Å². The van der Waals surface area contributed by atoms with Crippen molar-refractivity contribution in [2.24, 2.45) is 11.8 Å². The lowest BCUT2D eigenvalue weighted by Gasteiger charge is -2.32. The van der Waals surface area contributed by atoms with Crippen molar-refractivity contribution in [2.45, 2.75) is 107 Å². The van der Waals surface area contributed by atoms with E-state index >= 15 is 0 Å². The molecule has 1 rings (SSSR count). The molecule has 5 heteroatoms. The molecule has 208 valence electrons. The highest BCUT2D eigenvalue weighted by molar-refractivity contribution is 6.04. The number of nitrogens with zero attached hydrogens (tertiary/aromatic N) is 3. The number of rotatable bonds is 14. The molecular weight excluding hydrogens is 458 g/mol. The van der Waals surface area contributed by atoms with Crippen LogP contribution in [0.15, 0.2) is 29.8 Å². The van der Waals surface area contributed by atoms with E-state index in [4.69, 9.17) is 0 Å². The number of methoxy groups -OCH3 is 1. The number of unbranched alkanes of at least 4 members (excludes halogenated alkanes) is 2. The smallest absolute Gasteiger partial charge is 0.350 e. The van der Waals surface area contributed by atoms with Crippen LogP contribution in [0.2, 0.25) is 0 Å². The molecule has 5 nitrogen and oxygen atoms in total. The summed E-state index contributed by atoms with van der Waals surface area (Å²) >= 11 is 0. The van der Waals surface area contributed by atoms with Crippen LogP contribution in [-0.2, 0) is 9.53 Å². The van der Waals surface area contributed by atoms with Crippen LogP contribution >= 0.6 is 0 Å². The van der Waals surface area contributed by atoms with Gasteiger partial charge in [0.05, 0.1) is 12.7 Å². The standard InChI is InChI=1S/C26H37N3O2.C4H10.C2H6/c1-6-10-11-21(9-4)19-29(18-20(7-2)8-3)23-14-12-22(13-15-23)24(16-27)25(17-28)26(30)31-5;1-3-4-2;1-2/h12-15,20-21H,6-11,18-19H2,1-5H3;3-4H2,1-2H3;1-2H3/b25-24-;;. The van der Waals surface area contributed by atoms with Crippen molar-refractivity contribution >= 4 is 17.2 Å². The summed E-state index contributed by atoms with van der Waals surface area (Å²) < 4.78 is 4.65. The fourth-order valence-corrected chi connectivity index (χ4v) is 3.78. The zero-order chi connectivity index (χ0) is 28.6. The van der Waals surface area contributed by atoms with Gasteiger partial charge in [0, 0.05) is 18.8 Å². The monoisotopic (exact) mass is 511 g/mol. The highest BCUT2D eigenvalue weighted by Crippen LogP contribution is 2.26. The number of hydrogen-bond acceptors (Lipinski definition) is 5. The van der Waals surface area contributed by atoms with Gasteiger partial charge in [-0.25, -0.2) is 4.79 Å². The lowest BCUT2D eigenvalue weighted by atomic mass is 9.96. The van der Waals surface area contributed by atoms with Gasteiger partial charge in [-0.15, -0.1) is 0 Å². The topological polar surface area (TPSA) is 77.1 Å². The number of anilines is 1. The predicted molar refractivity (Wildman–Crippen MR) is 158 cm³/mol. The van der Waals surface area contributed by atoms with E-state index in [0.29, 0.717) is 17.4 Å². The van der Waals surface area contributed by atoms with E-state index < -0.39 is 5.97 Å². The van der Waals surface area contributed by atoms with Gasteiger partial charge in [0.1, 0.15) is 12.1 Å². The number of hydrogen-bond donors (Lipinski definition) is 0. The number of ether oxygens (including phenoxy) is 1. The summed E-state index contributed by atoms with van der Waals surface area (Å²) in [5.74, 6) is 0.482. The van der Waals surface area contributed by atoms with E-state index in [9.17, 15) is 15.3 Å². The number of esters is 1. The molecule has 0 saturated heterocycles. The van der Waals surface area contributed by atoms with Crippen LogP contribution in [0.1, 0.15) is 112 Å². The molecule has 0 N–H and O–H groups in total. The number of allylic oxidation sites excluding steroid dienone is 1. The minimum Gasteiger partial charge on any atom is -0.465 e. The Morgan fingerprint density at radius 3 is 1.73 bits per heavy atom. The van der Waals surface area contributed by atoms with Gasteiger partial charge in [-0.05, 0) is 36.0 Å². The van der Waals surface area contributed by atoms with Crippen LogP contribution in [0.25, 0.3) is 5.57 Å². The summed E-state index contributed by atoms with van der Waals surface area (Å²) in [5.41, 5.74) is 1.44. The largest absolute Gasteiger partial charge is 0.465 e. The maximum absolute atomic E-state index is 11.9. The normalized spacial score (nSPS) is 11.5. The van der Waals surface area contributed by atoms with Crippen molar-refractivity contribution in [3.63, 3.8) is 0 Å². The van der Waals surface area contributed by atoms with Gasteiger partial charge in [0.25, 0.3) is 0 Å². The molecule has 0 bridgehead atoms. The third-order valence-electron chi connectivity index (χ3n) is 6.54. The van der Waals surface area contributed by atoms with Gasteiger partial charge >= 0.3 is 5.97 Å². The fraction of sp³-hybridized carbons (Fsp3) is 0.656. The molecule has 37 heavy (non-hydrogen) atoms. The quantitative estimate of drug-likeness (QED) is 0.141. The van der Waals surface area contributed by atoms with Gasteiger partial charge in [0.2, 0.25) is 0 Å². The Morgan fingerprint density at radius 2 is 1.35 bits per heavy atom. The molecule has 0 aromatic heterocycles. The Bertz CT molecular complexity index is 825. The maximum Gasteiger partial charge on any atom is 0.350 e. The first kappa shape index (κ1) is 36.4. The minimum atomic E-state index is -0.791. The lowest BCUT2D eigenvalue weighted by molar-refractivity contribution is -0.135. The molecule has 1 atom stereocenters. The molecule has 0 aliphatic heterocycles. The highest BCUT2D eigenvalue weighted by atomic mass is 16.5. The number of benzene rings is 1.